The maximum atomic E-state index is 12.6. The molecular weight excluding hydrogens is 390 g/mol. The van der Waals surface area contributed by atoms with Gasteiger partial charge in [0.2, 0.25) is 0 Å². The molecule has 31 heavy (non-hydrogen) atoms. The van der Waals surface area contributed by atoms with Crippen LogP contribution in [0.25, 0.3) is 11.3 Å². The number of nitrogens with zero attached hydrogens (tertiary/aromatic N) is 1. The standard InChI is InChI=1S/C26H37NO4/c1-17(2)15-18-8-10-20(11-9-18)25-23(19-12-13-19)24(27-31-25)21(7-6-14-28)16-22(29)30-26(3,4)5/h8-11,17,19,21,28H,6-7,12-16H2,1-5H3. The van der Waals surface area contributed by atoms with Gasteiger partial charge in [-0.05, 0) is 70.3 Å². The lowest BCUT2D eigenvalue weighted by atomic mass is 9.89. The second-order valence-corrected chi connectivity index (χ2v) is 10.2. The molecule has 170 valence electrons. The molecule has 0 spiro atoms. The van der Waals surface area contributed by atoms with Crippen LogP contribution in [0.15, 0.2) is 28.8 Å². The largest absolute Gasteiger partial charge is 0.460 e. The number of carbonyl (C=O) groups is 1. The molecule has 1 aromatic carbocycles. The number of carbonyl (C=O) groups excluding carboxylic acids is 1. The lowest BCUT2D eigenvalue weighted by molar-refractivity contribution is -0.155. The number of hydrogen-bond acceptors (Lipinski definition) is 5. The van der Waals surface area contributed by atoms with Gasteiger partial charge in [0, 0.05) is 23.7 Å². The fourth-order valence-electron chi connectivity index (χ4n) is 4.10. The van der Waals surface area contributed by atoms with Gasteiger partial charge in [0.1, 0.15) is 5.60 Å². The summed E-state index contributed by atoms with van der Waals surface area (Å²) in [6.45, 7) is 10.2. The smallest absolute Gasteiger partial charge is 0.306 e. The van der Waals surface area contributed by atoms with Crippen LogP contribution in [0.4, 0.5) is 0 Å². The fraction of sp³-hybridized carbons (Fsp3) is 0.615. The zero-order valence-electron chi connectivity index (χ0n) is 19.6. The summed E-state index contributed by atoms with van der Waals surface area (Å²) >= 11 is 0. The molecule has 0 radical (unpaired) electrons. The highest BCUT2D eigenvalue weighted by atomic mass is 16.6. The Labute approximate surface area is 186 Å². The van der Waals surface area contributed by atoms with Gasteiger partial charge in [-0.2, -0.15) is 0 Å². The second-order valence-electron chi connectivity index (χ2n) is 10.2. The zero-order valence-corrected chi connectivity index (χ0v) is 19.6. The van der Waals surface area contributed by atoms with E-state index in [1.54, 1.807) is 0 Å². The Bertz CT molecular complexity index is 857. The van der Waals surface area contributed by atoms with Crippen LogP contribution in [-0.2, 0) is 16.0 Å². The van der Waals surface area contributed by atoms with Crippen molar-refractivity contribution in [2.75, 3.05) is 6.61 Å². The fourth-order valence-corrected chi connectivity index (χ4v) is 4.10. The molecule has 1 atom stereocenters. The molecule has 0 saturated heterocycles. The summed E-state index contributed by atoms with van der Waals surface area (Å²) in [5.41, 5.74) is 3.83. The van der Waals surface area contributed by atoms with Crippen LogP contribution in [0.5, 0.6) is 0 Å². The minimum atomic E-state index is -0.523. The Balaban J connectivity index is 1.88. The summed E-state index contributed by atoms with van der Waals surface area (Å²) in [6, 6.07) is 8.56. The third kappa shape index (κ3) is 6.67. The predicted molar refractivity (Wildman–Crippen MR) is 122 cm³/mol. The molecule has 1 heterocycles. The molecule has 3 rings (SSSR count). The normalized spacial score (nSPS) is 15.3. The van der Waals surface area contributed by atoms with Gasteiger partial charge in [0.25, 0.3) is 0 Å². The Kier molecular flexibility index (Phi) is 7.58. The highest BCUT2D eigenvalue weighted by molar-refractivity contribution is 5.72. The van der Waals surface area contributed by atoms with E-state index in [0.29, 0.717) is 24.7 Å². The Morgan fingerprint density at radius 3 is 2.45 bits per heavy atom. The Hall–Kier alpha value is -2.14. The van der Waals surface area contributed by atoms with Crippen LogP contribution in [-0.4, -0.2) is 28.4 Å². The van der Waals surface area contributed by atoms with Crippen molar-refractivity contribution in [2.24, 2.45) is 5.92 Å². The summed E-state index contributed by atoms with van der Waals surface area (Å²) in [5.74, 6) is 1.52. The quantitative estimate of drug-likeness (QED) is 0.470. The number of rotatable bonds is 10. The first-order valence-corrected chi connectivity index (χ1v) is 11.6. The topological polar surface area (TPSA) is 72.6 Å². The lowest BCUT2D eigenvalue weighted by Crippen LogP contribution is -2.25. The lowest BCUT2D eigenvalue weighted by Gasteiger charge is -2.22. The Morgan fingerprint density at radius 2 is 1.90 bits per heavy atom. The third-order valence-electron chi connectivity index (χ3n) is 5.53. The van der Waals surface area contributed by atoms with Crippen molar-refractivity contribution in [3.05, 3.63) is 41.1 Å². The molecule has 5 nitrogen and oxygen atoms in total. The van der Waals surface area contributed by atoms with E-state index in [2.05, 4.69) is 43.3 Å². The molecule has 2 aromatic rings. The van der Waals surface area contributed by atoms with Gasteiger partial charge in [-0.25, -0.2) is 0 Å². The minimum Gasteiger partial charge on any atom is -0.460 e. The first kappa shape index (κ1) is 23.5. The van der Waals surface area contributed by atoms with Crippen molar-refractivity contribution in [1.29, 1.82) is 0 Å². The van der Waals surface area contributed by atoms with Crippen molar-refractivity contribution in [1.82, 2.24) is 5.16 Å². The van der Waals surface area contributed by atoms with Crippen molar-refractivity contribution in [3.63, 3.8) is 0 Å². The SMILES string of the molecule is CC(C)Cc1ccc(-c2onc(C(CCCO)CC(=O)OC(C)(C)C)c2C2CC2)cc1. The number of aliphatic hydroxyl groups excluding tert-OH is 1. The highest BCUT2D eigenvalue weighted by Crippen LogP contribution is 2.48. The van der Waals surface area contributed by atoms with E-state index >= 15 is 0 Å². The van der Waals surface area contributed by atoms with Crippen LogP contribution in [0, 0.1) is 5.92 Å². The average molecular weight is 428 g/mol. The van der Waals surface area contributed by atoms with E-state index in [-0.39, 0.29) is 24.9 Å². The molecule has 0 amide bonds. The van der Waals surface area contributed by atoms with Gasteiger partial charge >= 0.3 is 5.97 Å². The van der Waals surface area contributed by atoms with Gasteiger partial charge in [0.15, 0.2) is 5.76 Å². The summed E-state index contributed by atoms with van der Waals surface area (Å²) < 4.78 is 11.4. The van der Waals surface area contributed by atoms with E-state index in [1.807, 2.05) is 20.8 Å². The zero-order chi connectivity index (χ0) is 22.6. The number of hydrogen-bond donors (Lipinski definition) is 1. The maximum Gasteiger partial charge on any atom is 0.306 e. The first-order chi connectivity index (χ1) is 14.7. The van der Waals surface area contributed by atoms with Gasteiger partial charge in [-0.15, -0.1) is 0 Å². The second kappa shape index (κ2) is 9.99. The van der Waals surface area contributed by atoms with Crippen LogP contribution < -0.4 is 0 Å². The number of benzene rings is 1. The molecule has 1 saturated carbocycles. The van der Waals surface area contributed by atoms with E-state index in [0.717, 1.165) is 41.8 Å². The van der Waals surface area contributed by atoms with Gasteiger partial charge in [-0.1, -0.05) is 43.3 Å². The van der Waals surface area contributed by atoms with Crippen molar-refractivity contribution in [2.45, 2.75) is 90.6 Å². The van der Waals surface area contributed by atoms with Gasteiger partial charge in [0.05, 0.1) is 12.1 Å². The number of aromatic nitrogens is 1. The van der Waals surface area contributed by atoms with E-state index < -0.39 is 5.60 Å². The molecule has 1 aliphatic carbocycles. The van der Waals surface area contributed by atoms with Crippen molar-refractivity contribution < 1.29 is 19.2 Å². The van der Waals surface area contributed by atoms with Crippen LogP contribution in [0.2, 0.25) is 0 Å². The summed E-state index contributed by atoms with van der Waals surface area (Å²) in [5, 5.41) is 13.8. The summed E-state index contributed by atoms with van der Waals surface area (Å²) in [6.07, 6.45) is 4.82. The molecule has 1 aromatic heterocycles. The summed E-state index contributed by atoms with van der Waals surface area (Å²) in [7, 11) is 0. The number of ether oxygens (including phenoxy) is 1. The minimum absolute atomic E-state index is 0.0889. The first-order valence-electron chi connectivity index (χ1n) is 11.6. The Morgan fingerprint density at radius 1 is 1.23 bits per heavy atom. The van der Waals surface area contributed by atoms with Gasteiger partial charge < -0.3 is 14.4 Å². The van der Waals surface area contributed by atoms with Crippen molar-refractivity contribution >= 4 is 5.97 Å². The predicted octanol–water partition coefficient (Wildman–Crippen LogP) is 6.01. The van der Waals surface area contributed by atoms with Crippen LogP contribution in [0.3, 0.4) is 0 Å². The number of esters is 1. The molecule has 1 fully saturated rings. The van der Waals surface area contributed by atoms with Crippen molar-refractivity contribution in [3.8, 4) is 11.3 Å². The van der Waals surface area contributed by atoms with Crippen LogP contribution >= 0.6 is 0 Å². The number of aliphatic hydroxyl groups is 1. The van der Waals surface area contributed by atoms with Gasteiger partial charge in [-0.3, -0.25) is 4.79 Å². The highest BCUT2D eigenvalue weighted by Gasteiger charge is 2.36. The summed E-state index contributed by atoms with van der Waals surface area (Å²) in [4.78, 5) is 12.6. The van der Waals surface area contributed by atoms with E-state index in [9.17, 15) is 9.90 Å². The molecule has 1 aliphatic rings. The van der Waals surface area contributed by atoms with E-state index in [1.165, 1.54) is 5.56 Å². The van der Waals surface area contributed by atoms with Crippen LogP contribution in [0.1, 0.15) is 95.4 Å². The molecule has 0 bridgehead atoms. The van der Waals surface area contributed by atoms with E-state index in [4.69, 9.17) is 9.26 Å². The molecule has 1 unspecified atom stereocenters. The average Bonchev–Trinajstić information content (AvgIpc) is 3.42. The molecule has 1 N–H and O–H groups in total. The molecule has 0 aliphatic heterocycles. The molecule has 5 heteroatoms. The third-order valence-corrected chi connectivity index (χ3v) is 5.53. The monoisotopic (exact) mass is 427 g/mol. The maximum absolute atomic E-state index is 12.6. The molecular formula is C26H37NO4.